The predicted molar refractivity (Wildman–Crippen MR) is 252 cm³/mol. The predicted octanol–water partition coefficient (Wildman–Crippen LogP) is 15.1. The number of ketones is 3. The molecule has 3 N–H and O–H groups in total. The summed E-state index contributed by atoms with van der Waals surface area (Å²) in [5.41, 5.74) is -5.75. The normalized spacial score (nSPS) is 13.9. The van der Waals surface area contributed by atoms with Gasteiger partial charge in [-0.15, -0.1) is 0 Å². The molecule has 0 aromatic carbocycles. The Hall–Kier alpha value is -1.37. The molecule has 59 heavy (non-hydrogen) atoms. The fourth-order valence-electron chi connectivity index (χ4n) is 8.55. The third-order valence-corrected chi connectivity index (χ3v) is 12.8. The molecule has 0 heterocycles. The molecule has 0 aliphatic heterocycles. The number of carbonyl (C=O) groups is 3. The van der Waals surface area contributed by atoms with Crippen molar-refractivity contribution in [3.63, 3.8) is 0 Å². The van der Waals surface area contributed by atoms with Gasteiger partial charge in [0.2, 0.25) is 5.60 Å². The molecule has 2 unspecified atom stereocenters. The lowest BCUT2D eigenvalue weighted by atomic mass is 9.71. The van der Waals surface area contributed by atoms with E-state index in [0.717, 1.165) is 77.0 Å². The number of aliphatic hydroxyl groups is 3. The number of hydrogen-bond acceptors (Lipinski definition) is 6. The van der Waals surface area contributed by atoms with E-state index in [0.29, 0.717) is 19.3 Å². The molecule has 0 aromatic heterocycles. The van der Waals surface area contributed by atoms with Crippen molar-refractivity contribution in [2.45, 2.75) is 302 Å². The first-order chi connectivity index (χ1) is 28.8. The second-order valence-corrected chi connectivity index (χ2v) is 18.3. The van der Waals surface area contributed by atoms with Crippen molar-refractivity contribution in [2.24, 2.45) is 0 Å². The van der Waals surface area contributed by atoms with E-state index >= 15 is 0 Å². The highest BCUT2D eigenvalue weighted by molar-refractivity contribution is 6.16. The van der Waals surface area contributed by atoms with E-state index in [-0.39, 0.29) is 19.3 Å². The Morgan fingerprint density at radius 2 is 0.559 bits per heavy atom. The maximum Gasteiger partial charge on any atom is 0.219 e. The molecular formula is C53H100O6. The molecule has 0 aliphatic rings. The molecule has 0 rings (SSSR count). The van der Waals surface area contributed by atoms with E-state index in [9.17, 15) is 29.7 Å². The van der Waals surface area contributed by atoms with Crippen LogP contribution in [0.25, 0.3) is 0 Å². The van der Waals surface area contributed by atoms with Gasteiger partial charge in [-0.25, -0.2) is 0 Å². The minimum absolute atomic E-state index is 0.0800. The summed E-state index contributed by atoms with van der Waals surface area (Å²) in [5.74, 6) is -2.46. The molecule has 0 aliphatic carbocycles. The number of aliphatic hydroxyl groups excluding tert-OH is 1. The van der Waals surface area contributed by atoms with Gasteiger partial charge in [-0.3, -0.25) is 14.4 Å². The van der Waals surface area contributed by atoms with Crippen molar-refractivity contribution in [3.8, 4) is 0 Å². The van der Waals surface area contributed by atoms with Gasteiger partial charge in [0.25, 0.3) is 0 Å². The maximum atomic E-state index is 13.8. The van der Waals surface area contributed by atoms with Crippen LogP contribution >= 0.6 is 0 Å². The summed E-state index contributed by atoms with van der Waals surface area (Å²) < 4.78 is 0. The molecule has 348 valence electrons. The van der Waals surface area contributed by atoms with Crippen LogP contribution in [0.15, 0.2) is 12.2 Å². The lowest BCUT2D eigenvalue weighted by Gasteiger charge is -2.39. The first kappa shape index (κ1) is 57.6. The highest BCUT2D eigenvalue weighted by Gasteiger charge is 2.62. The van der Waals surface area contributed by atoms with Gasteiger partial charge in [-0.05, 0) is 44.9 Å². The minimum atomic E-state index is -2.92. The van der Waals surface area contributed by atoms with Gasteiger partial charge in [-0.1, -0.05) is 238 Å². The molecule has 6 nitrogen and oxygen atoms in total. The standard InChI is InChI=1S/C53H100O6/c1-4-7-10-13-16-19-22-24-26-28-31-34-37-40-43-46-50(56)53(59,51(57)47-44-41-38-35-32-29-27-25-23-20-17-14-11-8-5-2)52(58,48-54)49(55)45-42-39-36-33-30-21-18-15-12-9-6-3/h24,26,54,58-59H,4-23,25,27-48H2,1-3H3/b26-24-. The van der Waals surface area contributed by atoms with Crippen LogP contribution in [0.3, 0.4) is 0 Å². The fourth-order valence-corrected chi connectivity index (χ4v) is 8.55. The lowest BCUT2D eigenvalue weighted by molar-refractivity contribution is -0.194. The SMILES string of the molecule is CCCCCCCC/C=C\CCCCCCCC(=O)C(O)(C(=O)CCCCCCCCCCCCCCCCC)C(O)(CO)C(=O)CCCCCCCCCCCCC. The van der Waals surface area contributed by atoms with Crippen LogP contribution in [0, 0.1) is 0 Å². The van der Waals surface area contributed by atoms with E-state index in [1.54, 1.807) is 0 Å². The molecule has 0 bridgehead atoms. The highest BCUT2D eigenvalue weighted by atomic mass is 16.4. The summed E-state index contributed by atoms with van der Waals surface area (Å²) in [5, 5.41) is 34.0. The Morgan fingerprint density at radius 3 is 0.814 bits per heavy atom. The third kappa shape index (κ3) is 29.5. The van der Waals surface area contributed by atoms with E-state index in [1.165, 1.54) is 154 Å². The first-order valence-electron chi connectivity index (χ1n) is 26.1. The van der Waals surface area contributed by atoms with Crippen LogP contribution in [-0.4, -0.2) is 50.5 Å². The number of unbranched alkanes of at least 4 members (excludes halogenated alkanes) is 35. The molecule has 0 radical (unpaired) electrons. The number of allylic oxidation sites excluding steroid dienone is 2. The Balaban J connectivity index is 4.93. The Labute approximate surface area is 366 Å². The molecular weight excluding hydrogens is 733 g/mol. The highest BCUT2D eigenvalue weighted by Crippen LogP contribution is 2.32. The molecule has 0 saturated heterocycles. The number of rotatable bonds is 48. The lowest BCUT2D eigenvalue weighted by Crippen LogP contribution is -2.69. The zero-order valence-corrected chi connectivity index (χ0v) is 39.6. The van der Waals surface area contributed by atoms with Crippen molar-refractivity contribution in [1.29, 1.82) is 0 Å². The number of carbonyl (C=O) groups excluding carboxylic acids is 3. The van der Waals surface area contributed by atoms with Crippen molar-refractivity contribution >= 4 is 17.3 Å². The van der Waals surface area contributed by atoms with Crippen LogP contribution in [-0.2, 0) is 14.4 Å². The molecule has 0 saturated carbocycles. The van der Waals surface area contributed by atoms with Gasteiger partial charge in [0.15, 0.2) is 23.0 Å². The van der Waals surface area contributed by atoms with E-state index in [2.05, 4.69) is 32.9 Å². The minimum Gasteiger partial charge on any atom is -0.393 e. The van der Waals surface area contributed by atoms with Crippen LogP contribution in [0.1, 0.15) is 290 Å². The summed E-state index contributed by atoms with van der Waals surface area (Å²) in [4.78, 5) is 41.1. The maximum absolute atomic E-state index is 13.8. The Kier molecular flexibility index (Phi) is 41.0. The van der Waals surface area contributed by atoms with Crippen molar-refractivity contribution < 1.29 is 29.7 Å². The fraction of sp³-hybridized carbons (Fsp3) is 0.906. The topological polar surface area (TPSA) is 112 Å². The zero-order chi connectivity index (χ0) is 43.6. The van der Waals surface area contributed by atoms with Gasteiger partial charge in [-0.2, -0.15) is 0 Å². The molecule has 0 amide bonds. The van der Waals surface area contributed by atoms with E-state index < -0.39 is 35.2 Å². The van der Waals surface area contributed by atoms with Crippen molar-refractivity contribution in [1.82, 2.24) is 0 Å². The van der Waals surface area contributed by atoms with Crippen molar-refractivity contribution in [2.75, 3.05) is 6.61 Å². The largest absolute Gasteiger partial charge is 0.393 e. The smallest absolute Gasteiger partial charge is 0.219 e. The van der Waals surface area contributed by atoms with Gasteiger partial charge < -0.3 is 15.3 Å². The second kappa shape index (κ2) is 42.0. The van der Waals surface area contributed by atoms with E-state index in [4.69, 9.17) is 0 Å². The first-order valence-corrected chi connectivity index (χ1v) is 26.1. The number of Topliss-reactive ketones (excluding diaryl/α,β-unsaturated/α-hetero) is 3. The van der Waals surface area contributed by atoms with Crippen LogP contribution in [0.5, 0.6) is 0 Å². The average Bonchev–Trinajstić information content (AvgIpc) is 3.24. The second-order valence-electron chi connectivity index (χ2n) is 18.3. The summed E-state index contributed by atoms with van der Waals surface area (Å²) in [7, 11) is 0. The zero-order valence-electron chi connectivity index (χ0n) is 39.6. The van der Waals surface area contributed by atoms with Crippen molar-refractivity contribution in [3.05, 3.63) is 12.2 Å². The van der Waals surface area contributed by atoms with Gasteiger partial charge >= 0.3 is 0 Å². The molecule has 6 heteroatoms. The molecule has 2 atom stereocenters. The Bertz CT molecular complexity index is 993. The average molecular weight is 833 g/mol. The van der Waals surface area contributed by atoms with Crippen LogP contribution in [0.2, 0.25) is 0 Å². The van der Waals surface area contributed by atoms with Crippen LogP contribution < -0.4 is 0 Å². The van der Waals surface area contributed by atoms with Gasteiger partial charge in [0.05, 0.1) is 6.61 Å². The van der Waals surface area contributed by atoms with Crippen LogP contribution in [0.4, 0.5) is 0 Å². The summed E-state index contributed by atoms with van der Waals surface area (Å²) in [6.07, 6.45) is 48.5. The third-order valence-electron chi connectivity index (χ3n) is 12.8. The Morgan fingerprint density at radius 1 is 0.339 bits per heavy atom. The van der Waals surface area contributed by atoms with Gasteiger partial charge in [0.1, 0.15) is 0 Å². The summed E-state index contributed by atoms with van der Waals surface area (Å²) in [6.45, 7) is 5.58. The molecule has 0 spiro atoms. The summed E-state index contributed by atoms with van der Waals surface area (Å²) in [6, 6.07) is 0. The summed E-state index contributed by atoms with van der Waals surface area (Å²) >= 11 is 0. The number of hydrogen-bond donors (Lipinski definition) is 3. The van der Waals surface area contributed by atoms with Gasteiger partial charge in [0, 0.05) is 19.3 Å². The quantitative estimate of drug-likeness (QED) is 0.0320. The molecule has 0 fully saturated rings. The monoisotopic (exact) mass is 833 g/mol. The van der Waals surface area contributed by atoms with E-state index in [1.807, 2.05) is 0 Å². The molecule has 0 aromatic rings.